The largest absolute Gasteiger partial charge is 0.451 e. The van der Waals surface area contributed by atoms with Crippen molar-refractivity contribution >= 4 is 17.5 Å². The predicted molar refractivity (Wildman–Crippen MR) is 70.9 cm³/mol. The molecule has 0 spiro atoms. The molecule has 0 aliphatic heterocycles. The second kappa shape index (κ2) is 8.11. The molecule has 0 rings (SSSR count). The monoisotopic (exact) mass is 301 g/mol. The Morgan fingerprint density at radius 2 is 1.95 bits per heavy atom. The lowest BCUT2D eigenvalue weighted by atomic mass is 10.1. The molecule has 0 fully saturated rings. The van der Waals surface area contributed by atoms with Crippen molar-refractivity contribution in [2.75, 3.05) is 0 Å². The lowest BCUT2D eigenvalue weighted by Crippen LogP contribution is -2.33. The number of Topliss-reactive ketones (excluding diaryl/α,β-unsaturated/α-hetero) is 1. The van der Waals surface area contributed by atoms with Crippen LogP contribution in [0.2, 0.25) is 0 Å². The first-order valence-corrected chi connectivity index (χ1v) is 6.36. The third-order valence-electron chi connectivity index (χ3n) is 2.24. The first kappa shape index (κ1) is 18.7. The summed E-state index contributed by atoms with van der Waals surface area (Å²) >= 11 is 0. The van der Waals surface area contributed by atoms with Crippen molar-refractivity contribution in [3.8, 4) is 0 Å². The summed E-state index contributed by atoms with van der Waals surface area (Å²) in [6.07, 6.45) is -0.275. The van der Waals surface area contributed by atoms with Crippen LogP contribution in [-0.4, -0.2) is 39.0 Å². The van der Waals surface area contributed by atoms with Gasteiger partial charge in [-0.1, -0.05) is 0 Å². The first-order valence-electron chi connectivity index (χ1n) is 6.36. The van der Waals surface area contributed by atoms with E-state index in [2.05, 4.69) is 9.63 Å². The molecule has 0 saturated heterocycles. The molecule has 9 heteroatoms. The van der Waals surface area contributed by atoms with E-state index in [0.29, 0.717) is 0 Å². The van der Waals surface area contributed by atoms with Gasteiger partial charge in [0.05, 0.1) is 0 Å². The van der Waals surface area contributed by atoms with Gasteiger partial charge in [-0.25, -0.2) is 4.79 Å². The Hall–Kier alpha value is -2.28. The summed E-state index contributed by atoms with van der Waals surface area (Å²) in [7, 11) is 0. The number of ether oxygens (including phenoxy) is 1. The third-order valence-corrected chi connectivity index (χ3v) is 2.24. The van der Waals surface area contributed by atoms with E-state index in [1.807, 2.05) is 0 Å². The molecule has 0 aromatic carbocycles. The lowest BCUT2D eigenvalue weighted by Gasteiger charge is -2.17. The Kier molecular flexibility index (Phi) is 7.23. The summed E-state index contributed by atoms with van der Waals surface area (Å²) in [5.41, 5.74) is 7.24. The maximum atomic E-state index is 11.7. The van der Waals surface area contributed by atoms with E-state index < -0.39 is 34.3 Å². The number of hydrogen-bond donors (Lipinski definition) is 0. The van der Waals surface area contributed by atoms with Gasteiger partial charge in [-0.05, 0) is 40.5 Å². The van der Waals surface area contributed by atoms with Crippen LogP contribution in [0.1, 0.15) is 47.0 Å². The topological polar surface area (TPSA) is 132 Å². The molecule has 0 N–H and O–H groups in total. The Balaban J connectivity index is 4.40. The van der Waals surface area contributed by atoms with E-state index >= 15 is 0 Å². The van der Waals surface area contributed by atoms with E-state index in [0.717, 1.165) is 0 Å². The maximum absolute atomic E-state index is 11.7. The second-order valence-corrected chi connectivity index (χ2v) is 5.41. The van der Waals surface area contributed by atoms with Crippen LogP contribution >= 0.6 is 0 Å². The fourth-order valence-corrected chi connectivity index (χ4v) is 1.40. The van der Waals surface area contributed by atoms with Crippen LogP contribution in [0, 0.1) is 10.1 Å². The lowest BCUT2D eigenvalue weighted by molar-refractivity contribution is -0.767. The van der Waals surface area contributed by atoms with Crippen molar-refractivity contribution in [2.45, 2.75) is 58.7 Å². The van der Waals surface area contributed by atoms with Crippen LogP contribution in [-0.2, 0) is 19.2 Å². The highest BCUT2D eigenvalue weighted by Gasteiger charge is 2.33. The number of carbonyl (C=O) groups is 2. The van der Waals surface area contributed by atoms with E-state index in [4.69, 9.17) is 10.3 Å². The zero-order valence-corrected chi connectivity index (χ0v) is 12.5. The summed E-state index contributed by atoms with van der Waals surface area (Å²) in [5.74, 6) is -1.70. The number of nitrogens with zero attached hydrogens (tertiary/aromatic N) is 3. The fourth-order valence-electron chi connectivity index (χ4n) is 1.40. The van der Waals surface area contributed by atoms with Crippen LogP contribution in [0.5, 0.6) is 0 Å². The molecule has 0 amide bonds. The summed E-state index contributed by atoms with van der Waals surface area (Å²) in [6, 6.07) is 0. The molecule has 21 heavy (non-hydrogen) atoms. The molecular weight excluding hydrogens is 282 g/mol. The van der Waals surface area contributed by atoms with Gasteiger partial charge in [0.15, 0.2) is 0 Å². The SMILES string of the molecule is CC(CCCC(=O)C(=[N+]=[N-])C(=O)OC(C)(C)C)O[N+](=O)[O-]. The molecule has 0 bridgehead atoms. The van der Waals surface area contributed by atoms with Gasteiger partial charge < -0.3 is 15.1 Å². The minimum absolute atomic E-state index is 0.107. The van der Waals surface area contributed by atoms with Crippen LogP contribution in [0.4, 0.5) is 0 Å². The van der Waals surface area contributed by atoms with Crippen molar-refractivity contribution < 1.29 is 29.0 Å². The molecule has 9 nitrogen and oxygen atoms in total. The second-order valence-electron chi connectivity index (χ2n) is 5.41. The van der Waals surface area contributed by atoms with E-state index in [1.165, 1.54) is 6.92 Å². The van der Waals surface area contributed by atoms with Gasteiger partial charge in [0.25, 0.3) is 10.9 Å². The van der Waals surface area contributed by atoms with Gasteiger partial charge in [-0.2, -0.15) is 4.79 Å². The molecule has 1 atom stereocenters. The van der Waals surface area contributed by atoms with Crippen molar-refractivity contribution in [1.29, 1.82) is 0 Å². The average Bonchev–Trinajstić information content (AvgIpc) is 2.25. The first-order chi connectivity index (χ1) is 9.56. The van der Waals surface area contributed by atoms with Gasteiger partial charge in [0.1, 0.15) is 11.7 Å². The van der Waals surface area contributed by atoms with Crippen LogP contribution in [0.25, 0.3) is 5.53 Å². The fraction of sp³-hybridized carbons (Fsp3) is 0.750. The maximum Gasteiger partial charge on any atom is 0.441 e. The van der Waals surface area contributed by atoms with Gasteiger partial charge in [-0.15, -0.1) is 10.1 Å². The Morgan fingerprint density at radius 1 is 1.38 bits per heavy atom. The zero-order chi connectivity index (χ0) is 16.6. The van der Waals surface area contributed by atoms with Crippen molar-refractivity contribution in [2.24, 2.45) is 0 Å². The number of rotatable bonds is 8. The minimum atomic E-state index is -1.01. The van der Waals surface area contributed by atoms with Crippen molar-refractivity contribution in [1.82, 2.24) is 0 Å². The standard InChI is InChI=1S/C12H19N3O6/c1-8(21-15(18)19)6-5-7-9(16)10(14-13)11(17)20-12(2,3)4/h8H,5-7H2,1-4H3. The number of esters is 1. The molecule has 0 heterocycles. The van der Waals surface area contributed by atoms with Crippen LogP contribution < -0.4 is 0 Å². The van der Waals surface area contributed by atoms with Gasteiger partial charge in [0.2, 0.25) is 0 Å². The molecule has 0 aliphatic carbocycles. The highest BCUT2D eigenvalue weighted by Crippen LogP contribution is 2.09. The van der Waals surface area contributed by atoms with Crippen molar-refractivity contribution in [3.63, 3.8) is 0 Å². The molecule has 1 unspecified atom stereocenters. The third kappa shape index (κ3) is 8.48. The summed E-state index contributed by atoms with van der Waals surface area (Å²) in [5, 5.41) is 9.18. The summed E-state index contributed by atoms with van der Waals surface area (Å²) in [4.78, 5) is 40.4. The van der Waals surface area contributed by atoms with Crippen LogP contribution in [0.15, 0.2) is 0 Å². The highest BCUT2D eigenvalue weighted by atomic mass is 17.0. The molecule has 0 aromatic heterocycles. The van der Waals surface area contributed by atoms with Crippen molar-refractivity contribution in [3.05, 3.63) is 15.6 Å². The summed E-state index contributed by atoms with van der Waals surface area (Å²) < 4.78 is 4.93. The molecule has 0 aromatic rings. The van der Waals surface area contributed by atoms with E-state index in [1.54, 1.807) is 20.8 Å². The van der Waals surface area contributed by atoms with E-state index in [9.17, 15) is 19.7 Å². The molecule has 0 saturated carbocycles. The molecule has 118 valence electrons. The van der Waals surface area contributed by atoms with Crippen LogP contribution in [0.3, 0.4) is 0 Å². The molecule has 0 aliphatic rings. The predicted octanol–water partition coefficient (Wildman–Crippen LogP) is 1.34. The number of carbonyl (C=O) groups excluding carboxylic acids is 2. The van der Waals surface area contributed by atoms with E-state index in [-0.39, 0.29) is 19.3 Å². The Labute approximate surface area is 121 Å². The van der Waals surface area contributed by atoms with Gasteiger partial charge >= 0.3 is 11.7 Å². The highest BCUT2D eigenvalue weighted by molar-refractivity contribution is 6.62. The zero-order valence-electron chi connectivity index (χ0n) is 12.5. The average molecular weight is 301 g/mol. The Morgan fingerprint density at radius 3 is 2.38 bits per heavy atom. The smallest absolute Gasteiger partial charge is 0.441 e. The Bertz CT molecular complexity index is 462. The van der Waals surface area contributed by atoms with Gasteiger partial charge in [-0.3, -0.25) is 4.79 Å². The summed E-state index contributed by atoms with van der Waals surface area (Å²) in [6.45, 7) is 6.32. The minimum Gasteiger partial charge on any atom is -0.451 e. The quantitative estimate of drug-likeness (QED) is 0.126. The molecular formula is C12H19N3O6. The number of ketones is 1. The normalized spacial score (nSPS) is 12.0. The molecule has 0 radical (unpaired) electrons. The number of hydrogen-bond acceptors (Lipinski definition) is 6. The van der Waals surface area contributed by atoms with Gasteiger partial charge in [0, 0.05) is 6.42 Å².